The average molecular weight is 245 g/mol. The van der Waals surface area contributed by atoms with Gasteiger partial charge in [-0.3, -0.25) is 0 Å². The van der Waals surface area contributed by atoms with Crippen LogP contribution in [0.1, 0.15) is 17.8 Å². The molecule has 0 bridgehead atoms. The Morgan fingerprint density at radius 3 is 2.83 bits per heavy atom. The van der Waals surface area contributed by atoms with Crippen LogP contribution in [0, 0.1) is 6.92 Å². The summed E-state index contributed by atoms with van der Waals surface area (Å²) in [6.45, 7) is 4.50. The van der Waals surface area contributed by atoms with Crippen molar-refractivity contribution in [2.24, 2.45) is 0 Å². The summed E-state index contributed by atoms with van der Waals surface area (Å²) >= 11 is 0. The molecular weight excluding hydrogens is 226 g/mol. The molecule has 18 heavy (non-hydrogen) atoms. The fourth-order valence-electron chi connectivity index (χ4n) is 1.62. The van der Waals surface area contributed by atoms with Gasteiger partial charge in [0.2, 0.25) is 0 Å². The van der Waals surface area contributed by atoms with Crippen LogP contribution < -0.4 is 10.1 Å². The number of nitrogens with one attached hydrogen (secondary N) is 2. The number of rotatable bonds is 7. The lowest BCUT2D eigenvalue weighted by Gasteiger charge is -2.06. The van der Waals surface area contributed by atoms with Gasteiger partial charge in [0.25, 0.3) is 0 Å². The molecule has 0 radical (unpaired) electrons. The number of benzene rings is 1. The lowest BCUT2D eigenvalue weighted by Crippen LogP contribution is -2.17. The van der Waals surface area contributed by atoms with E-state index in [9.17, 15) is 0 Å². The van der Waals surface area contributed by atoms with E-state index in [0.717, 1.165) is 37.7 Å². The van der Waals surface area contributed by atoms with Gasteiger partial charge in [-0.2, -0.15) is 0 Å². The summed E-state index contributed by atoms with van der Waals surface area (Å²) in [5.41, 5.74) is 1.25. The Hall–Kier alpha value is -1.81. The number of imidazole rings is 1. The van der Waals surface area contributed by atoms with E-state index in [1.807, 2.05) is 18.3 Å². The third kappa shape index (κ3) is 4.22. The molecule has 0 fully saturated rings. The van der Waals surface area contributed by atoms with E-state index >= 15 is 0 Å². The molecular formula is C14H19N3O. The molecule has 1 heterocycles. The molecule has 2 aromatic rings. The maximum atomic E-state index is 5.63. The first-order chi connectivity index (χ1) is 8.84. The van der Waals surface area contributed by atoms with Gasteiger partial charge < -0.3 is 15.0 Å². The van der Waals surface area contributed by atoms with Crippen molar-refractivity contribution in [3.8, 4) is 5.75 Å². The van der Waals surface area contributed by atoms with Gasteiger partial charge in [0.15, 0.2) is 0 Å². The molecule has 1 aromatic heterocycles. The molecule has 0 aliphatic rings. The quantitative estimate of drug-likeness (QED) is 0.736. The Kier molecular flexibility index (Phi) is 4.78. The van der Waals surface area contributed by atoms with Crippen molar-refractivity contribution in [3.05, 3.63) is 48.0 Å². The van der Waals surface area contributed by atoms with Crippen LogP contribution in [0.3, 0.4) is 0 Å². The largest absolute Gasteiger partial charge is 0.494 e. The van der Waals surface area contributed by atoms with E-state index in [4.69, 9.17) is 4.74 Å². The number of hydrogen-bond donors (Lipinski definition) is 2. The highest BCUT2D eigenvalue weighted by Gasteiger charge is 1.95. The number of H-pyrrole nitrogens is 1. The van der Waals surface area contributed by atoms with Crippen LogP contribution in [-0.4, -0.2) is 23.1 Å². The third-order valence-corrected chi connectivity index (χ3v) is 2.63. The molecule has 0 aliphatic carbocycles. The highest BCUT2D eigenvalue weighted by molar-refractivity contribution is 5.26. The van der Waals surface area contributed by atoms with Gasteiger partial charge in [0.1, 0.15) is 11.6 Å². The Balaban J connectivity index is 1.55. The summed E-state index contributed by atoms with van der Waals surface area (Å²) in [5.74, 6) is 1.90. The van der Waals surface area contributed by atoms with Crippen molar-refractivity contribution in [2.45, 2.75) is 19.9 Å². The molecule has 0 unspecified atom stereocenters. The minimum Gasteiger partial charge on any atom is -0.494 e. The molecule has 0 saturated heterocycles. The smallest absolute Gasteiger partial charge is 0.120 e. The number of hydrogen-bond acceptors (Lipinski definition) is 3. The van der Waals surface area contributed by atoms with Crippen molar-refractivity contribution >= 4 is 0 Å². The zero-order chi connectivity index (χ0) is 12.6. The summed E-state index contributed by atoms with van der Waals surface area (Å²) < 4.78 is 5.63. The first-order valence-corrected chi connectivity index (χ1v) is 6.23. The zero-order valence-electron chi connectivity index (χ0n) is 10.6. The fourth-order valence-corrected chi connectivity index (χ4v) is 1.62. The molecule has 96 valence electrons. The third-order valence-electron chi connectivity index (χ3n) is 2.63. The maximum absolute atomic E-state index is 5.63. The van der Waals surface area contributed by atoms with E-state index < -0.39 is 0 Å². The molecule has 4 nitrogen and oxygen atoms in total. The van der Waals surface area contributed by atoms with Crippen LogP contribution in [0.25, 0.3) is 0 Å². The van der Waals surface area contributed by atoms with Crippen molar-refractivity contribution < 1.29 is 4.74 Å². The van der Waals surface area contributed by atoms with Crippen molar-refractivity contribution in [3.63, 3.8) is 0 Å². The highest BCUT2D eigenvalue weighted by atomic mass is 16.5. The first kappa shape index (κ1) is 12.6. The van der Waals surface area contributed by atoms with Crippen LogP contribution in [0.4, 0.5) is 0 Å². The van der Waals surface area contributed by atoms with E-state index in [-0.39, 0.29) is 0 Å². The van der Waals surface area contributed by atoms with Gasteiger partial charge in [0.05, 0.1) is 13.2 Å². The van der Waals surface area contributed by atoms with Gasteiger partial charge in [0, 0.05) is 12.4 Å². The lowest BCUT2D eigenvalue weighted by molar-refractivity contribution is 0.308. The average Bonchev–Trinajstić information content (AvgIpc) is 2.89. The molecule has 0 aliphatic heterocycles. The standard InChI is InChI=1S/C14H19N3O/c1-12-3-5-13(6-4-12)18-10-2-7-15-11-14-16-8-9-17-14/h3-6,8-9,15H,2,7,10-11H2,1H3,(H,16,17). The Labute approximate surface area is 107 Å². The summed E-state index contributed by atoms with van der Waals surface area (Å²) in [6.07, 6.45) is 4.57. The Morgan fingerprint density at radius 1 is 1.28 bits per heavy atom. The Bertz CT molecular complexity index is 437. The molecule has 4 heteroatoms. The van der Waals surface area contributed by atoms with Gasteiger partial charge in [-0.05, 0) is 32.0 Å². The minimum absolute atomic E-state index is 0.730. The maximum Gasteiger partial charge on any atom is 0.120 e. The number of aromatic amines is 1. The molecule has 0 spiro atoms. The van der Waals surface area contributed by atoms with E-state index in [0.29, 0.717) is 0 Å². The van der Waals surface area contributed by atoms with Crippen LogP contribution in [0.5, 0.6) is 5.75 Å². The second-order valence-corrected chi connectivity index (χ2v) is 4.23. The summed E-state index contributed by atoms with van der Waals surface area (Å²) in [6, 6.07) is 8.13. The normalized spacial score (nSPS) is 10.5. The van der Waals surface area contributed by atoms with E-state index in [2.05, 4.69) is 34.3 Å². The lowest BCUT2D eigenvalue weighted by atomic mass is 10.2. The molecule has 2 N–H and O–H groups in total. The number of nitrogens with zero attached hydrogens (tertiary/aromatic N) is 1. The van der Waals surface area contributed by atoms with Crippen LogP contribution in [0.2, 0.25) is 0 Å². The predicted octanol–water partition coefficient (Wildman–Crippen LogP) is 2.28. The Morgan fingerprint density at radius 2 is 2.11 bits per heavy atom. The first-order valence-electron chi connectivity index (χ1n) is 6.23. The predicted molar refractivity (Wildman–Crippen MR) is 71.6 cm³/mol. The molecule has 2 rings (SSSR count). The number of ether oxygens (including phenoxy) is 1. The van der Waals surface area contributed by atoms with Crippen LogP contribution in [0.15, 0.2) is 36.7 Å². The van der Waals surface area contributed by atoms with Gasteiger partial charge in [-0.25, -0.2) is 4.98 Å². The summed E-state index contributed by atoms with van der Waals surface area (Å²) in [4.78, 5) is 7.19. The zero-order valence-corrected chi connectivity index (χ0v) is 10.6. The molecule has 0 saturated carbocycles. The number of aryl methyl sites for hydroxylation is 1. The van der Waals surface area contributed by atoms with Crippen LogP contribution >= 0.6 is 0 Å². The van der Waals surface area contributed by atoms with E-state index in [1.54, 1.807) is 6.20 Å². The topological polar surface area (TPSA) is 49.9 Å². The number of aromatic nitrogens is 2. The van der Waals surface area contributed by atoms with Crippen molar-refractivity contribution in [1.82, 2.24) is 15.3 Å². The monoisotopic (exact) mass is 245 g/mol. The van der Waals surface area contributed by atoms with Gasteiger partial charge in [-0.15, -0.1) is 0 Å². The second kappa shape index (κ2) is 6.81. The summed E-state index contributed by atoms with van der Waals surface area (Å²) in [7, 11) is 0. The van der Waals surface area contributed by atoms with Crippen molar-refractivity contribution in [2.75, 3.05) is 13.2 Å². The minimum atomic E-state index is 0.730. The molecule has 1 aromatic carbocycles. The van der Waals surface area contributed by atoms with Gasteiger partial charge in [-0.1, -0.05) is 17.7 Å². The van der Waals surface area contributed by atoms with E-state index in [1.165, 1.54) is 5.56 Å². The SMILES string of the molecule is Cc1ccc(OCCCNCc2ncc[nH]2)cc1. The second-order valence-electron chi connectivity index (χ2n) is 4.23. The molecule has 0 amide bonds. The summed E-state index contributed by atoms with van der Waals surface area (Å²) in [5, 5.41) is 3.31. The fraction of sp³-hybridized carbons (Fsp3) is 0.357. The highest BCUT2D eigenvalue weighted by Crippen LogP contribution is 2.11. The van der Waals surface area contributed by atoms with Crippen molar-refractivity contribution in [1.29, 1.82) is 0 Å². The van der Waals surface area contributed by atoms with Gasteiger partial charge >= 0.3 is 0 Å². The van der Waals surface area contributed by atoms with Crippen LogP contribution in [-0.2, 0) is 6.54 Å². The molecule has 0 atom stereocenters.